The van der Waals surface area contributed by atoms with Crippen LogP contribution in [0.15, 0.2) is 12.1 Å². The topological polar surface area (TPSA) is 29.3 Å². The summed E-state index contributed by atoms with van der Waals surface area (Å²) in [5.74, 6) is 0. The molecule has 2 nitrogen and oxygen atoms in total. The molecule has 2 N–H and O–H groups in total. The average molecular weight is 267 g/mol. The molecule has 0 bridgehead atoms. The first kappa shape index (κ1) is 13.9. The summed E-state index contributed by atoms with van der Waals surface area (Å²) < 4.78 is 0. The molecule has 1 heterocycles. The minimum Gasteiger partial charge on any atom is -0.330 e. The molecule has 1 aromatic rings. The van der Waals surface area contributed by atoms with E-state index in [1.54, 1.807) is 0 Å². The maximum atomic E-state index is 6.08. The Labute approximate surface area is 115 Å². The Morgan fingerprint density at radius 1 is 1.33 bits per heavy atom. The molecule has 3 heteroatoms. The molecule has 1 saturated heterocycles. The fraction of sp³-hybridized carbons (Fsp3) is 0.600. The molecule has 1 aliphatic heterocycles. The number of rotatable bonds is 3. The number of benzene rings is 1. The average Bonchev–Trinajstić information content (AvgIpc) is 2.66. The molecule has 1 aliphatic rings. The molecule has 0 saturated carbocycles. The SMILES string of the molecule is Cc1cc(Cl)cc(C)c1CN1CCC(C)(CN)C1. The Bertz CT molecular complexity index is 421. The van der Waals surface area contributed by atoms with Crippen LogP contribution in [0.5, 0.6) is 0 Å². The molecular weight excluding hydrogens is 244 g/mol. The molecule has 0 aromatic heterocycles. The first-order valence-electron chi connectivity index (χ1n) is 6.61. The van der Waals surface area contributed by atoms with Gasteiger partial charge in [0.05, 0.1) is 0 Å². The third kappa shape index (κ3) is 2.87. The van der Waals surface area contributed by atoms with Crippen LogP contribution in [0.3, 0.4) is 0 Å². The second-order valence-electron chi connectivity index (χ2n) is 5.99. The molecule has 2 rings (SSSR count). The van der Waals surface area contributed by atoms with Gasteiger partial charge in [0.15, 0.2) is 0 Å². The molecule has 18 heavy (non-hydrogen) atoms. The van der Waals surface area contributed by atoms with Gasteiger partial charge in [-0.05, 0) is 67.6 Å². The van der Waals surface area contributed by atoms with E-state index in [1.165, 1.54) is 23.1 Å². The van der Waals surface area contributed by atoms with Crippen LogP contribution in [0, 0.1) is 19.3 Å². The lowest BCUT2D eigenvalue weighted by atomic mass is 9.90. The first-order valence-corrected chi connectivity index (χ1v) is 6.99. The van der Waals surface area contributed by atoms with Crippen molar-refractivity contribution in [2.75, 3.05) is 19.6 Å². The summed E-state index contributed by atoms with van der Waals surface area (Å²) >= 11 is 6.08. The summed E-state index contributed by atoms with van der Waals surface area (Å²) in [5, 5.41) is 0.835. The van der Waals surface area contributed by atoms with E-state index in [0.717, 1.165) is 31.2 Å². The van der Waals surface area contributed by atoms with E-state index in [2.05, 4.69) is 37.8 Å². The number of likely N-dealkylation sites (tertiary alicyclic amines) is 1. The highest BCUT2D eigenvalue weighted by Gasteiger charge is 2.32. The van der Waals surface area contributed by atoms with Crippen molar-refractivity contribution in [1.82, 2.24) is 4.90 Å². The van der Waals surface area contributed by atoms with Gasteiger partial charge in [0.25, 0.3) is 0 Å². The van der Waals surface area contributed by atoms with Crippen LogP contribution in [-0.4, -0.2) is 24.5 Å². The van der Waals surface area contributed by atoms with Crippen LogP contribution in [0.2, 0.25) is 5.02 Å². The summed E-state index contributed by atoms with van der Waals surface area (Å²) in [6, 6.07) is 4.12. The van der Waals surface area contributed by atoms with Crippen molar-refractivity contribution in [2.24, 2.45) is 11.1 Å². The third-order valence-corrected chi connectivity index (χ3v) is 4.39. The molecule has 0 spiro atoms. The number of aryl methyl sites for hydroxylation is 2. The number of hydrogen-bond acceptors (Lipinski definition) is 2. The van der Waals surface area contributed by atoms with Crippen LogP contribution in [0.4, 0.5) is 0 Å². The van der Waals surface area contributed by atoms with Crippen molar-refractivity contribution in [3.05, 3.63) is 33.8 Å². The van der Waals surface area contributed by atoms with Crippen molar-refractivity contribution in [3.8, 4) is 0 Å². The fourth-order valence-corrected chi connectivity index (χ4v) is 3.17. The zero-order valence-electron chi connectivity index (χ0n) is 11.6. The van der Waals surface area contributed by atoms with Gasteiger partial charge in [-0.15, -0.1) is 0 Å². The van der Waals surface area contributed by atoms with E-state index in [1.807, 2.05) is 0 Å². The normalized spacial score (nSPS) is 24.7. The number of nitrogens with zero attached hydrogens (tertiary/aromatic N) is 1. The summed E-state index contributed by atoms with van der Waals surface area (Å²) in [6.07, 6.45) is 1.20. The van der Waals surface area contributed by atoms with E-state index in [0.29, 0.717) is 5.41 Å². The van der Waals surface area contributed by atoms with Crippen LogP contribution in [0.25, 0.3) is 0 Å². The number of nitrogens with two attached hydrogens (primary N) is 1. The maximum Gasteiger partial charge on any atom is 0.0411 e. The predicted octanol–water partition coefficient (Wildman–Crippen LogP) is 3.13. The van der Waals surface area contributed by atoms with Gasteiger partial charge >= 0.3 is 0 Å². The molecule has 0 radical (unpaired) electrons. The van der Waals surface area contributed by atoms with Gasteiger partial charge in [0, 0.05) is 18.1 Å². The highest BCUT2D eigenvalue weighted by atomic mass is 35.5. The Balaban J connectivity index is 2.12. The van der Waals surface area contributed by atoms with E-state index >= 15 is 0 Å². The van der Waals surface area contributed by atoms with Gasteiger partial charge < -0.3 is 5.73 Å². The second kappa shape index (κ2) is 5.20. The summed E-state index contributed by atoms with van der Waals surface area (Å²) in [6.45, 7) is 10.6. The molecule has 100 valence electrons. The minimum absolute atomic E-state index is 0.300. The van der Waals surface area contributed by atoms with Crippen molar-refractivity contribution in [2.45, 2.75) is 33.7 Å². The van der Waals surface area contributed by atoms with Crippen LogP contribution < -0.4 is 5.73 Å². The Hall–Kier alpha value is -0.570. The van der Waals surface area contributed by atoms with Crippen LogP contribution in [-0.2, 0) is 6.54 Å². The quantitative estimate of drug-likeness (QED) is 0.911. The molecule has 1 fully saturated rings. The van der Waals surface area contributed by atoms with Gasteiger partial charge in [0.1, 0.15) is 0 Å². The smallest absolute Gasteiger partial charge is 0.0411 e. The highest BCUT2D eigenvalue weighted by molar-refractivity contribution is 6.30. The molecule has 0 amide bonds. The monoisotopic (exact) mass is 266 g/mol. The summed E-state index contributed by atoms with van der Waals surface area (Å²) in [5.41, 5.74) is 10.2. The Morgan fingerprint density at radius 3 is 2.44 bits per heavy atom. The van der Waals surface area contributed by atoms with Gasteiger partial charge in [-0.1, -0.05) is 18.5 Å². The number of halogens is 1. The van der Waals surface area contributed by atoms with Crippen molar-refractivity contribution < 1.29 is 0 Å². The lowest BCUT2D eigenvalue weighted by Crippen LogP contribution is -2.31. The largest absolute Gasteiger partial charge is 0.330 e. The van der Waals surface area contributed by atoms with Gasteiger partial charge in [-0.25, -0.2) is 0 Å². The predicted molar refractivity (Wildman–Crippen MR) is 78.0 cm³/mol. The van der Waals surface area contributed by atoms with Crippen LogP contribution in [0.1, 0.15) is 30.0 Å². The van der Waals surface area contributed by atoms with Crippen molar-refractivity contribution in [1.29, 1.82) is 0 Å². The van der Waals surface area contributed by atoms with Crippen LogP contribution >= 0.6 is 11.6 Å². The van der Waals surface area contributed by atoms with E-state index in [-0.39, 0.29) is 0 Å². The third-order valence-electron chi connectivity index (χ3n) is 4.17. The standard InChI is InChI=1S/C15H23ClN2/c1-11-6-13(16)7-12(2)14(11)8-18-5-4-15(3,9-17)10-18/h6-7H,4-5,8-10,17H2,1-3H3. The number of hydrogen-bond donors (Lipinski definition) is 1. The highest BCUT2D eigenvalue weighted by Crippen LogP contribution is 2.31. The maximum absolute atomic E-state index is 6.08. The van der Waals surface area contributed by atoms with E-state index in [4.69, 9.17) is 17.3 Å². The second-order valence-corrected chi connectivity index (χ2v) is 6.43. The molecule has 0 aliphatic carbocycles. The van der Waals surface area contributed by atoms with Crippen molar-refractivity contribution in [3.63, 3.8) is 0 Å². The van der Waals surface area contributed by atoms with Gasteiger partial charge in [-0.3, -0.25) is 4.90 Å². The molecular formula is C15H23ClN2. The molecule has 1 aromatic carbocycles. The summed E-state index contributed by atoms with van der Waals surface area (Å²) in [7, 11) is 0. The van der Waals surface area contributed by atoms with Gasteiger partial charge in [0.2, 0.25) is 0 Å². The first-order chi connectivity index (χ1) is 8.43. The zero-order valence-corrected chi connectivity index (χ0v) is 12.3. The molecule has 1 atom stereocenters. The van der Waals surface area contributed by atoms with E-state index < -0.39 is 0 Å². The van der Waals surface area contributed by atoms with Gasteiger partial charge in [-0.2, -0.15) is 0 Å². The zero-order chi connectivity index (χ0) is 13.3. The van der Waals surface area contributed by atoms with Crippen molar-refractivity contribution >= 4 is 11.6 Å². The lowest BCUT2D eigenvalue weighted by Gasteiger charge is -2.23. The van der Waals surface area contributed by atoms with E-state index in [9.17, 15) is 0 Å². The summed E-state index contributed by atoms with van der Waals surface area (Å²) in [4.78, 5) is 2.51. The Kier molecular flexibility index (Phi) is 4.00. The fourth-order valence-electron chi connectivity index (χ4n) is 2.84. The molecule has 1 unspecified atom stereocenters. The lowest BCUT2D eigenvalue weighted by molar-refractivity contribution is 0.273. The Morgan fingerprint density at radius 2 is 1.94 bits per heavy atom. The minimum atomic E-state index is 0.300.